The summed E-state index contributed by atoms with van der Waals surface area (Å²) in [6.45, 7) is 3.85. The molecule has 0 aliphatic heterocycles. The van der Waals surface area contributed by atoms with Gasteiger partial charge in [-0.25, -0.2) is 0 Å². The molecule has 2 heterocycles. The van der Waals surface area contributed by atoms with E-state index in [4.69, 9.17) is 5.73 Å². The van der Waals surface area contributed by atoms with Crippen LogP contribution in [-0.2, 0) is 0 Å². The number of para-hydroxylation sites is 1. The highest BCUT2D eigenvalue weighted by Crippen LogP contribution is 2.27. The van der Waals surface area contributed by atoms with Crippen LogP contribution >= 0.6 is 0 Å². The topological polar surface area (TPSA) is 64.7 Å². The lowest BCUT2D eigenvalue weighted by Crippen LogP contribution is -2.15. The van der Waals surface area contributed by atoms with Gasteiger partial charge in [-0.05, 0) is 37.1 Å². The second-order valence-electron chi connectivity index (χ2n) is 4.93. The van der Waals surface area contributed by atoms with Crippen LogP contribution in [0.1, 0.15) is 28.6 Å². The Bertz CT molecular complexity index is 762. The van der Waals surface area contributed by atoms with Gasteiger partial charge in [0.2, 0.25) is 0 Å². The van der Waals surface area contributed by atoms with Crippen molar-refractivity contribution in [2.75, 3.05) is 0 Å². The molecule has 0 saturated carbocycles. The zero-order chi connectivity index (χ0) is 14.1. The summed E-state index contributed by atoms with van der Waals surface area (Å²) >= 11 is 0. The first kappa shape index (κ1) is 12.7. The molecule has 3 aromatic rings. The molecule has 4 nitrogen and oxygen atoms in total. The molecule has 0 bridgehead atoms. The van der Waals surface area contributed by atoms with Gasteiger partial charge in [0.25, 0.3) is 0 Å². The van der Waals surface area contributed by atoms with E-state index in [1.807, 2.05) is 50.2 Å². The monoisotopic (exact) mass is 264 g/mol. The largest absolute Gasteiger partial charge is 0.320 e. The zero-order valence-corrected chi connectivity index (χ0v) is 11.5. The molecule has 2 aromatic heterocycles. The highest BCUT2D eigenvalue weighted by molar-refractivity contribution is 5.82. The third-order valence-electron chi connectivity index (χ3n) is 3.47. The van der Waals surface area contributed by atoms with E-state index in [1.54, 1.807) is 6.20 Å². The average molecular weight is 264 g/mol. The molecule has 1 aromatic carbocycles. The van der Waals surface area contributed by atoms with Crippen LogP contribution in [0, 0.1) is 13.8 Å². The summed E-state index contributed by atoms with van der Waals surface area (Å²) < 4.78 is 0. The molecule has 0 fully saturated rings. The first-order valence-electron chi connectivity index (χ1n) is 6.57. The van der Waals surface area contributed by atoms with E-state index >= 15 is 0 Å². The quantitative estimate of drug-likeness (QED) is 0.773. The third-order valence-corrected chi connectivity index (χ3v) is 3.47. The standard InChI is InChI=1S/C16H16N4/c1-10-9-14(11(2)20-19-10)15(17)13-7-3-5-12-6-4-8-18-16(12)13/h3-9,15H,17H2,1-2H3. The highest BCUT2D eigenvalue weighted by atomic mass is 15.1. The molecule has 0 aliphatic rings. The number of hydrogen-bond acceptors (Lipinski definition) is 4. The number of aryl methyl sites for hydroxylation is 2. The number of fused-ring (bicyclic) bond motifs is 1. The van der Waals surface area contributed by atoms with Gasteiger partial charge in [-0.15, -0.1) is 0 Å². The maximum absolute atomic E-state index is 6.44. The fourth-order valence-corrected chi connectivity index (χ4v) is 2.43. The lowest BCUT2D eigenvalue weighted by Gasteiger charge is -2.16. The summed E-state index contributed by atoms with van der Waals surface area (Å²) in [6, 6.07) is 11.8. The Hall–Kier alpha value is -2.33. The molecule has 0 saturated heterocycles. The molecule has 3 rings (SSSR count). The molecule has 100 valence electrons. The molecular weight excluding hydrogens is 248 g/mol. The summed E-state index contributed by atoms with van der Waals surface area (Å²) in [5, 5.41) is 9.31. The van der Waals surface area contributed by atoms with Gasteiger partial charge in [-0.3, -0.25) is 4.98 Å². The Kier molecular flexibility index (Phi) is 3.16. The summed E-state index contributed by atoms with van der Waals surface area (Å²) in [6.07, 6.45) is 1.79. The zero-order valence-electron chi connectivity index (χ0n) is 11.5. The molecule has 4 heteroatoms. The second kappa shape index (κ2) is 4.98. The van der Waals surface area contributed by atoms with Crippen molar-refractivity contribution in [1.29, 1.82) is 0 Å². The number of aromatic nitrogens is 3. The molecule has 20 heavy (non-hydrogen) atoms. The minimum absolute atomic E-state index is 0.247. The van der Waals surface area contributed by atoms with Gasteiger partial charge in [-0.1, -0.05) is 24.3 Å². The van der Waals surface area contributed by atoms with Gasteiger partial charge in [0.05, 0.1) is 22.9 Å². The van der Waals surface area contributed by atoms with E-state index in [9.17, 15) is 0 Å². The maximum atomic E-state index is 6.44. The summed E-state index contributed by atoms with van der Waals surface area (Å²) in [7, 11) is 0. The smallest absolute Gasteiger partial charge is 0.0753 e. The summed E-state index contributed by atoms with van der Waals surface area (Å²) in [5.74, 6) is 0. The minimum Gasteiger partial charge on any atom is -0.320 e. The lowest BCUT2D eigenvalue weighted by molar-refractivity contribution is 0.817. The normalized spacial score (nSPS) is 12.6. The van der Waals surface area contributed by atoms with E-state index in [0.29, 0.717) is 0 Å². The van der Waals surface area contributed by atoms with Crippen molar-refractivity contribution in [1.82, 2.24) is 15.2 Å². The van der Waals surface area contributed by atoms with E-state index in [0.717, 1.165) is 33.4 Å². The van der Waals surface area contributed by atoms with Gasteiger partial charge < -0.3 is 5.73 Å². The van der Waals surface area contributed by atoms with Crippen molar-refractivity contribution >= 4 is 10.9 Å². The highest BCUT2D eigenvalue weighted by Gasteiger charge is 2.16. The number of benzene rings is 1. The number of rotatable bonds is 2. The van der Waals surface area contributed by atoms with Gasteiger partial charge in [0.15, 0.2) is 0 Å². The minimum atomic E-state index is -0.247. The molecule has 1 atom stereocenters. The first-order chi connectivity index (χ1) is 9.66. The Morgan fingerprint density at radius 2 is 1.80 bits per heavy atom. The Balaban J connectivity index is 2.17. The van der Waals surface area contributed by atoms with Crippen LogP contribution in [0.3, 0.4) is 0 Å². The predicted molar refractivity (Wildman–Crippen MR) is 79.3 cm³/mol. The third kappa shape index (κ3) is 2.14. The molecule has 0 spiro atoms. The lowest BCUT2D eigenvalue weighted by atomic mass is 9.96. The van der Waals surface area contributed by atoms with Crippen LogP contribution in [0.15, 0.2) is 42.6 Å². The van der Waals surface area contributed by atoms with Crippen LogP contribution in [0.2, 0.25) is 0 Å². The fourth-order valence-electron chi connectivity index (χ4n) is 2.43. The van der Waals surface area contributed by atoms with Gasteiger partial charge in [0.1, 0.15) is 0 Å². The number of hydrogen-bond donors (Lipinski definition) is 1. The molecule has 0 amide bonds. The Morgan fingerprint density at radius 1 is 1.00 bits per heavy atom. The maximum Gasteiger partial charge on any atom is 0.0753 e. The van der Waals surface area contributed by atoms with Crippen molar-refractivity contribution in [2.45, 2.75) is 19.9 Å². The van der Waals surface area contributed by atoms with Gasteiger partial charge in [-0.2, -0.15) is 10.2 Å². The van der Waals surface area contributed by atoms with Gasteiger partial charge in [0, 0.05) is 11.6 Å². The van der Waals surface area contributed by atoms with Crippen LogP contribution in [0.25, 0.3) is 10.9 Å². The number of nitrogens with two attached hydrogens (primary N) is 1. The van der Waals surface area contributed by atoms with E-state index in [1.165, 1.54) is 0 Å². The van der Waals surface area contributed by atoms with Crippen molar-refractivity contribution in [3.8, 4) is 0 Å². The molecule has 0 radical (unpaired) electrons. The van der Waals surface area contributed by atoms with Crippen molar-refractivity contribution in [2.24, 2.45) is 5.73 Å². The summed E-state index contributed by atoms with van der Waals surface area (Å²) in [5.41, 5.74) is 11.1. The number of nitrogens with zero attached hydrogens (tertiary/aromatic N) is 3. The van der Waals surface area contributed by atoms with Crippen molar-refractivity contribution in [3.05, 3.63) is 65.1 Å². The first-order valence-corrected chi connectivity index (χ1v) is 6.57. The Morgan fingerprint density at radius 3 is 2.65 bits per heavy atom. The SMILES string of the molecule is Cc1cc(C(N)c2cccc3cccnc23)c(C)nn1. The van der Waals surface area contributed by atoms with Crippen LogP contribution in [0.4, 0.5) is 0 Å². The second-order valence-corrected chi connectivity index (χ2v) is 4.93. The van der Waals surface area contributed by atoms with Crippen LogP contribution in [0.5, 0.6) is 0 Å². The molecule has 2 N–H and O–H groups in total. The predicted octanol–water partition coefficient (Wildman–Crippen LogP) is 2.69. The van der Waals surface area contributed by atoms with E-state index < -0.39 is 0 Å². The molecule has 1 unspecified atom stereocenters. The molecule has 0 aliphatic carbocycles. The van der Waals surface area contributed by atoms with Crippen molar-refractivity contribution < 1.29 is 0 Å². The number of pyridine rings is 1. The van der Waals surface area contributed by atoms with Crippen molar-refractivity contribution in [3.63, 3.8) is 0 Å². The average Bonchev–Trinajstić information content (AvgIpc) is 2.48. The summed E-state index contributed by atoms with van der Waals surface area (Å²) in [4.78, 5) is 4.46. The molecular formula is C16H16N4. The van der Waals surface area contributed by atoms with Crippen LogP contribution in [-0.4, -0.2) is 15.2 Å². The van der Waals surface area contributed by atoms with E-state index in [-0.39, 0.29) is 6.04 Å². The van der Waals surface area contributed by atoms with E-state index in [2.05, 4.69) is 15.2 Å². The fraction of sp³-hybridized carbons (Fsp3) is 0.188. The van der Waals surface area contributed by atoms with Gasteiger partial charge >= 0.3 is 0 Å². The van der Waals surface area contributed by atoms with Crippen LogP contribution < -0.4 is 5.73 Å². The Labute approximate surface area is 117 Å².